The summed E-state index contributed by atoms with van der Waals surface area (Å²) >= 11 is 0. The number of fused-ring (bicyclic) bond motifs is 1. The molecule has 6 nitrogen and oxygen atoms in total. The van der Waals surface area contributed by atoms with E-state index >= 15 is 0 Å². The second kappa shape index (κ2) is 10.2. The van der Waals surface area contributed by atoms with Crippen LogP contribution in [0.2, 0.25) is 0 Å². The summed E-state index contributed by atoms with van der Waals surface area (Å²) in [5, 5.41) is 8.67. The van der Waals surface area contributed by atoms with Crippen LogP contribution in [0.5, 0.6) is 0 Å². The van der Waals surface area contributed by atoms with Gasteiger partial charge in [-0.3, -0.25) is 9.59 Å². The third kappa shape index (κ3) is 5.28. The highest BCUT2D eigenvalue weighted by molar-refractivity contribution is 5.88. The van der Waals surface area contributed by atoms with Crippen LogP contribution in [0.3, 0.4) is 0 Å². The van der Waals surface area contributed by atoms with E-state index in [-0.39, 0.29) is 30.3 Å². The number of nitrogens with one attached hydrogen (secondary N) is 1. The molecule has 0 atom stereocenters. The highest BCUT2D eigenvalue weighted by atomic mass is 35.5. The van der Waals surface area contributed by atoms with Gasteiger partial charge in [0.1, 0.15) is 0 Å². The minimum Gasteiger partial charge on any atom is -1.00 e. The molecule has 0 aliphatic rings. The first-order valence-corrected chi connectivity index (χ1v) is 8.58. The van der Waals surface area contributed by atoms with Crippen LogP contribution in [0.25, 0.3) is 10.8 Å². The monoisotopic (exact) mass is 365 g/mol. The second-order valence-electron chi connectivity index (χ2n) is 5.67. The van der Waals surface area contributed by atoms with Crippen LogP contribution >= 0.6 is 0 Å². The van der Waals surface area contributed by atoms with E-state index in [0.29, 0.717) is 24.2 Å². The third-order valence-corrected chi connectivity index (χ3v) is 4.22. The normalized spacial score (nSPS) is 10.7. The van der Waals surface area contributed by atoms with Gasteiger partial charge in [-0.05, 0) is 26.1 Å². The van der Waals surface area contributed by atoms with Gasteiger partial charge in [0.05, 0.1) is 17.5 Å². The molecule has 0 aliphatic heterocycles. The van der Waals surface area contributed by atoms with Gasteiger partial charge in [0.25, 0.3) is 5.56 Å². The van der Waals surface area contributed by atoms with E-state index in [1.807, 2.05) is 25.1 Å². The van der Waals surface area contributed by atoms with Crippen molar-refractivity contribution in [3.05, 3.63) is 40.3 Å². The molecule has 1 aromatic carbocycles. The highest BCUT2D eigenvalue weighted by Gasteiger charge is 2.13. The number of rotatable bonds is 8. The Morgan fingerprint density at radius 3 is 2.40 bits per heavy atom. The molecule has 0 bridgehead atoms. The molecule has 7 heteroatoms. The van der Waals surface area contributed by atoms with Crippen molar-refractivity contribution in [1.29, 1.82) is 0 Å². The number of aromatic nitrogens is 2. The van der Waals surface area contributed by atoms with Crippen LogP contribution in [0.15, 0.2) is 29.1 Å². The van der Waals surface area contributed by atoms with Gasteiger partial charge in [-0.2, -0.15) is 5.10 Å². The fourth-order valence-corrected chi connectivity index (χ4v) is 2.76. The average Bonchev–Trinajstić information content (AvgIpc) is 2.61. The quantitative estimate of drug-likeness (QED) is 0.613. The van der Waals surface area contributed by atoms with Crippen LogP contribution in [0, 0.1) is 0 Å². The van der Waals surface area contributed by atoms with Crippen LogP contribution in [0.4, 0.5) is 0 Å². The summed E-state index contributed by atoms with van der Waals surface area (Å²) in [5.74, 6) is -0.0684. The molecule has 0 saturated carbocycles. The van der Waals surface area contributed by atoms with E-state index in [9.17, 15) is 9.59 Å². The predicted molar refractivity (Wildman–Crippen MR) is 96.2 cm³/mol. The average molecular weight is 366 g/mol. The largest absolute Gasteiger partial charge is 1.00 e. The molecular weight excluding hydrogens is 340 g/mol. The van der Waals surface area contributed by atoms with Gasteiger partial charge in [0.2, 0.25) is 5.91 Å². The molecule has 2 rings (SSSR count). The summed E-state index contributed by atoms with van der Waals surface area (Å²) in [6, 6.07) is 7.33. The lowest BCUT2D eigenvalue weighted by molar-refractivity contribution is -0.120. The van der Waals surface area contributed by atoms with E-state index in [1.54, 1.807) is 6.07 Å². The molecule has 2 aromatic rings. The zero-order valence-electron chi connectivity index (χ0n) is 15.1. The number of aryl methyl sites for hydroxylation is 1. The number of nitrogens with zero attached hydrogens (tertiary/aromatic N) is 3. The third-order valence-electron chi connectivity index (χ3n) is 4.22. The lowest BCUT2D eigenvalue weighted by atomic mass is 10.1. The van der Waals surface area contributed by atoms with Crippen LogP contribution in [-0.4, -0.2) is 46.8 Å². The van der Waals surface area contributed by atoms with Gasteiger partial charge >= 0.3 is 0 Å². The number of amides is 1. The zero-order valence-corrected chi connectivity index (χ0v) is 15.8. The van der Waals surface area contributed by atoms with E-state index in [4.69, 9.17) is 0 Å². The Labute approximate surface area is 154 Å². The van der Waals surface area contributed by atoms with Crippen molar-refractivity contribution in [3.63, 3.8) is 0 Å². The van der Waals surface area contributed by atoms with Gasteiger partial charge in [-0.25, -0.2) is 4.68 Å². The Morgan fingerprint density at radius 1 is 1.16 bits per heavy atom. The molecule has 25 heavy (non-hydrogen) atoms. The summed E-state index contributed by atoms with van der Waals surface area (Å²) in [5.41, 5.74) is 0.534. The van der Waals surface area contributed by atoms with Gasteiger partial charge < -0.3 is 22.6 Å². The highest BCUT2D eigenvalue weighted by Crippen LogP contribution is 2.13. The van der Waals surface area contributed by atoms with Crippen molar-refractivity contribution >= 4 is 16.7 Å². The molecule has 1 N–H and O–H groups in total. The Balaban J connectivity index is 0.00000312. The van der Waals surface area contributed by atoms with E-state index in [2.05, 4.69) is 29.2 Å². The fourth-order valence-electron chi connectivity index (χ4n) is 2.76. The maximum Gasteiger partial charge on any atom is 0.274 e. The molecule has 0 saturated heterocycles. The molecule has 1 amide bonds. The lowest BCUT2D eigenvalue weighted by Gasteiger charge is -2.18. The zero-order chi connectivity index (χ0) is 17.5. The van der Waals surface area contributed by atoms with Gasteiger partial charge in [-0.15, -0.1) is 0 Å². The molecule has 0 fully saturated rings. The maximum atomic E-state index is 12.3. The Kier molecular flexibility index (Phi) is 8.58. The molecular formula is C18H26ClN4O2-. The van der Waals surface area contributed by atoms with Crippen molar-refractivity contribution in [1.82, 2.24) is 20.0 Å². The van der Waals surface area contributed by atoms with Gasteiger partial charge in [-0.1, -0.05) is 32.0 Å². The van der Waals surface area contributed by atoms with Crippen molar-refractivity contribution in [2.75, 3.05) is 26.2 Å². The first kappa shape index (κ1) is 21.1. The van der Waals surface area contributed by atoms with Crippen molar-refractivity contribution in [2.24, 2.45) is 0 Å². The molecule has 0 radical (unpaired) electrons. The number of hydrogen-bond donors (Lipinski definition) is 1. The molecule has 1 heterocycles. The Hall–Kier alpha value is -1.92. The number of halogens is 1. The summed E-state index contributed by atoms with van der Waals surface area (Å²) in [6.07, 6.45) is 0.180. The molecule has 0 aliphatic carbocycles. The summed E-state index contributed by atoms with van der Waals surface area (Å²) in [7, 11) is 0. The number of benzene rings is 1. The van der Waals surface area contributed by atoms with Crippen LogP contribution in [0.1, 0.15) is 26.5 Å². The smallest absolute Gasteiger partial charge is 0.274 e. The van der Waals surface area contributed by atoms with Gasteiger partial charge in [0, 0.05) is 25.0 Å². The number of carbonyl (C=O) groups excluding carboxylic acids is 1. The summed E-state index contributed by atoms with van der Waals surface area (Å²) < 4.78 is 1.42. The minimum absolute atomic E-state index is 0. The van der Waals surface area contributed by atoms with Crippen molar-refractivity contribution in [3.8, 4) is 0 Å². The van der Waals surface area contributed by atoms with Gasteiger partial charge in [0.15, 0.2) is 0 Å². The standard InChI is InChI=1S/C18H26N4O2.ClH/c1-4-21(5-2)12-11-19-17(23)13-16-14-9-7-8-10-15(14)18(24)22(6-3)20-16;/h7-10H,4-6,11-13H2,1-3H3,(H,19,23);1H/p-1. The predicted octanol–water partition coefficient (Wildman–Crippen LogP) is -1.58. The van der Waals surface area contributed by atoms with Crippen LogP contribution in [-0.2, 0) is 17.8 Å². The Bertz CT molecular complexity index is 756. The number of hydrogen-bond acceptors (Lipinski definition) is 4. The fraction of sp³-hybridized carbons (Fsp3) is 0.500. The SMILES string of the molecule is CCN(CC)CCNC(=O)Cc1nn(CC)c(=O)c2ccccc12.[Cl-]. The van der Waals surface area contributed by atoms with E-state index < -0.39 is 0 Å². The summed E-state index contributed by atoms with van der Waals surface area (Å²) in [4.78, 5) is 26.8. The number of carbonyl (C=O) groups is 1. The topological polar surface area (TPSA) is 67.2 Å². The van der Waals surface area contributed by atoms with Crippen molar-refractivity contribution in [2.45, 2.75) is 33.7 Å². The lowest BCUT2D eigenvalue weighted by Crippen LogP contribution is -3.00. The summed E-state index contributed by atoms with van der Waals surface area (Å²) in [6.45, 7) is 9.97. The molecule has 1 aromatic heterocycles. The molecule has 0 spiro atoms. The Morgan fingerprint density at radius 2 is 1.80 bits per heavy atom. The number of likely N-dealkylation sites (N-methyl/N-ethyl adjacent to an activating group) is 1. The molecule has 138 valence electrons. The first-order valence-electron chi connectivity index (χ1n) is 8.58. The second-order valence-corrected chi connectivity index (χ2v) is 5.67. The maximum absolute atomic E-state index is 12.3. The van der Waals surface area contributed by atoms with Crippen molar-refractivity contribution < 1.29 is 17.2 Å². The minimum atomic E-state index is -0.112. The van der Waals surface area contributed by atoms with E-state index in [1.165, 1.54) is 4.68 Å². The molecule has 0 unspecified atom stereocenters. The first-order chi connectivity index (χ1) is 11.6. The van der Waals surface area contributed by atoms with E-state index in [0.717, 1.165) is 25.0 Å². The van der Waals surface area contributed by atoms with Crippen LogP contribution < -0.4 is 23.3 Å².